The van der Waals surface area contributed by atoms with E-state index >= 15 is 0 Å². The highest BCUT2D eigenvalue weighted by atomic mass is 35.5. The first-order valence-corrected chi connectivity index (χ1v) is 7.52. The minimum atomic E-state index is 0.472. The van der Waals surface area contributed by atoms with Crippen LogP contribution in [0.2, 0.25) is 5.15 Å². The van der Waals surface area contributed by atoms with Gasteiger partial charge in [0.25, 0.3) is 0 Å². The van der Waals surface area contributed by atoms with E-state index in [-0.39, 0.29) is 0 Å². The lowest BCUT2D eigenvalue weighted by atomic mass is 10.0. The van der Waals surface area contributed by atoms with Crippen LogP contribution in [0.5, 0.6) is 0 Å². The molecule has 3 rings (SSSR count). The Morgan fingerprint density at radius 1 is 1.30 bits per heavy atom. The molecule has 0 amide bonds. The van der Waals surface area contributed by atoms with Crippen LogP contribution >= 0.6 is 11.6 Å². The van der Waals surface area contributed by atoms with E-state index in [4.69, 9.17) is 11.6 Å². The number of aryl methyl sites for hydroxylation is 1. The van der Waals surface area contributed by atoms with Gasteiger partial charge in [0, 0.05) is 18.8 Å². The van der Waals surface area contributed by atoms with E-state index in [2.05, 4.69) is 47.1 Å². The van der Waals surface area contributed by atoms with E-state index in [9.17, 15) is 0 Å². The van der Waals surface area contributed by atoms with Gasteiger partial charge in [-0.25, -0.2) is 4.98 Å². The minimum absolute atomic E-state index is 0.472. The van der Waals surface area contributed by atoms with Gasteiger partial charge >= 0.3 is 0 Å². The van der Waals surface area contributed by atoms with Gasteiger partial charge in [-0.2, -0.15) is 0 Å². The number of hydrogen-bond acceptors (Lipinski definition) is 2. The quantitative estimate of drug-likeness (QED) is 0.779. The van der Waals surface area contributed by atoms with Crippen molar-refractivity contribution in [2.24, 2.45) is 0 Å². The molecule has 0 spiro atoms. The van der Waals surface area contributed by atoms with Crippen molar-refractivity contribution >= 4 is 11.6 Å². The van der Waals surface area contributed by atoms with Crippen molar-refractivity contribution in [1.82, 2.24) is 9.88 Å². The molecule has 2 heterocycles. The molecular formula is C17H19ClN2. The third-order valence-corrected chi connectivity index (χ3v) is 4.28. The third kappa shape index (κ3) is 2.87. The van der Waals surface area contributed by atoms with Gasteiger partial charge in [0.1, 0.15) is 5.15 Å². The SMILES string of the molecule is Cc1cc(Cl)ncc1[C@@H]1CCCN1Cc1ccccc1. The first kappa shape index (κ1) is 13.6. The third-order valence-electron chi connectivity index (χ3n) is 4.07. The van der Waals surface area contributed by atoms with Crippen LogP contribution < -0.4 is 0 Å². The standard InChI is InChI=1S/C17H19ClN2/c1-13-10-17(18)19-11-15(13)16-8-5-9-20(16)12-14-6-3-2-4-7-14/h2-4,6-7,10-11,16H,5,8-9,12H2,1H3/t16-/m0/s1. The second kappa shape index (κ2) is 5.94. The van der Waals surface area contributed by atoms with Gasteiger partial charge in [-0.1, -0.05) is 41.9 Å². The van der Waals surface area contributed by atoms with E-state index in [1.54, 1.807) is 0 Å². The summed E-state index contributed by atoms with van der Waals surface area (Å²) in [5.74, 6) is 0. The first-order valence-electron chi connectivity index (χ1n) is 7.14. The molecule has 0 bridgehead atoms. The molecule has 3 heteroatoms. The molecule has 1 aromatic carbocycles. The summed E-state index contributed by atoms with van der Waals surface area (Å²) in [6, 6.07) is 13.1. The monoisotopic (exact) mass is 286 g/mol. The van der Waals surface area contributed by atoms with E-state index in [0.29, 0.717) is 11.2 Å². The van der Waals surface area contributed by atoms with Crippen LogP contribution in [-0.4, -0.2) is 16.4 Å². The lowest BCUT2D eigenvalue weighted by Crippen LogP contribution is -2.23. The number of nitrogens with zero attached hydrogens (tertiary/aromatic N) is 2. The molecular weight excluding hydrogens is 268 g/mol. The first-order chi connectivity index (χ1) is 9.74. The van der Waals surface area contributed by atoms with Crippen molar-refractivity contribution in [2.75, 3.05) is 6.54 Å². The van der Waals surface area contributed by atoms with Crippen LogP contribution in [-0.2, 0) is 6.54 Å². The van der Waals surface area contributed by atoms with E-state index in [0.717, 1.165) is 13.1 Å². The number of pyridine rings is 1. The largest absolute Gasteiger partial charge is 0.292 e. The van der Waals surface area contributed by atoms with Crippen molar-refractivity contribution in [3.63, 3.8) is 0 Å². The molecule has 0 unspecified atom stereocenters. The van der Waals surface area contributed by atoms with Gasteiger partial charge in [0.15, 0.2) is 0 Å². The molecule has 0 N–H and O–H groups in total. The fraction of sp³-hybridized carbons (Fsp3) is 0.353. The summed E-state index contributed by atoms with van der Waals surface area (Å²) in [5, 5.41) is 0.582. The maximum Gasteiger partial charge on any atom is 0.129 e. The van der Waals surface area contributed by atoms with Crippen molar-refractivity contribution in [3.05, 3.63) is 64.4 Å². The predicted molar refractivity (Wildman–Crippen MR) is 82.8 cm³/mol. The van der Waals surface area contributed by atoms with Crippen LogP contribution in [0.1, 0.15) is 35.6 Å². The Labute approximate surface area is 125 Å². The molecule has 104 valence electrons. The molecule has 1 atom stereocenters. The molecule has 1 saturated heterocycles. The Morgan fingerprint density at radius 3 is 2.85 bits per heavy atom. The van der Waals surface area contributed by atoms with Gasteiger partial charge in [-0.05, 0) is 49.1 Å². The topological polar surface area (TPSA) is 16.1 Å². The number of aromatic nitrogens is 1. The van der Waals surface area contributed by atoms with Crippen molar-refractivity contribution in [3.8, 4) is 0 Å². The predicted octanol–water partition coefficient (Wildman–Crippen LogP) is 4.38. The molecule has 1 aliphatic rings. The second-order valence-corrected chi connectivity index (χ2v) is 5.86. The lowest BCUT2D eigenvalue weighted by molar-refractivity contribution is 0.247. The van der Waals surface area contributed by atoms with Crippen LogP contribution in [0.3, 0.4) is 0 Å². The zero-order chi connectivity index (χ0) is 13.9. The Bertz CT molecular complexity index is 583. The average molecular weight is 287 g/mol. The Kier molecular flexibility index (Phi) is 4.04. The van der Waals surface area contributed by atoms with Gasteiger partial charge < -0.3 is 0 Å². The molecule has 1 fully saturated rings. The highest BCUT2D eigenvalue weighted by Gasteiger charge is 2.27. The van der Waals surface area contributed by atoms with Crippen LogP contribution in [0.25, 0.3) is 0 Å². The van der Waals surface area contributed by atoms with Gasteiger partial charge in [-0.15, -0.1) is 0 Å². The number of hydrogen-bond donors (Lipinski definition) is 0. The molecule has 1 aliphatic heterocycles. The van der Waals surface area contributed by atoms with Gasteiger partial charge in [-0.3, -0.25) is 4.90 Å². The molecule has 2 nitrogen and oxygen atoms in total. The van der Waals surface area contributed by atoms with Gasteiger partial charge in [0.05, 0.1) is 0 Å². The molecule has 1 aromatic heterocycles. The number of likely N-dealkylation sites (tertiary alicyclic amines) is 1. The molecule has 2 aromatic rings. The number of halogens is 1. The zero-order valence-electron chi connectivity index (χ0n) is 11.7. The van der Waals surface area contributed by atoms with Crippen molar-refractivity contribution < 1.29 is 0 Å². The summed E-state index contributed by atoms with van der Waals surface area (Å²) in [7, 11) is 0. The van der Waals surface area contributed by atoms with Crippen molar-refractivity contribution in [2.45, 2.75) is 32.4 Å². The Morgan fingerprint density at radius 2 is 2.10 bits per heavy atom. The normalized spacial score (nSPS) is 19.4. The Balaban J connectivity index is 1.82. The number of benzene rings is 1. The lowest BCUT2D eigenvalue weighted by Gasteiger charge is -2.26. The summed E-state index contributed by atoms with van der Waals surface area (Å²) < 4.78 is 0. The highest BCUT2D eigenvalue weighted by Crippen LogP contribution is 2.34. The molecule has 0 radical (unpaired) electrons. The van der Waals surface area contributed by atoms with Crippen molar-refractivity contribution in [1.29, 1.82) is 0 Å². The number of rotatable bonds is 3. The van der Waals surface area contributed by atoms with Crippen LogP contribution in [0, 0.1) is 6.92 Å². The summed E-state index contributed by atoms with van der Waals surface area (Å²) in [4.78, 5) is 6.81. The molecule has 0 aliphatic carbocycles. The Hall–Kier alpha value is -1.38. The zero-order valence-corrected chi connectivity index (χ0v) is 12.5. The van der Waals surface area contributed by atoms with Gasteiger partial charge in [0.2, 0.25) is 0 Å². The summed E-state index contributed by atoms with van der Waals surface area (Å²) in [5.41, 5.74) is 3.94. The molecule has 20 heavy (non-hydrogen) atoms. The maximum absolute atomic E-state index is 5.97. The van der Waals surface area contributed by atoms with Crippen LogP contribution in [0.4, 0.5) is 0 Å². The van der Waals surface area contributed by atoms with E-state index in [1.807, 2.05) is 12.3 Å². The summed E-state index contributed by atoms with van der Waals surface area (Å²) >= 11 is 5.97. The second-order valence-electron chi connectivity index (χ2n) is 5.48. The highest BCUT2D eigenvalue weighted by molar-refractivity contribution is 6.29. The maximum atomic E-state index is 5.97. The minimum Gasteiger partial charge on any atom is -0.292 e. The smallest absolute Gasteiger partial charge is 0.129 e. The average Bonchev–Trinajstić information content (AvgIpc) is 2.88. The molecule has 0 saturated carbocycles. The fourth-order valence-corrected chi connectivity index (χ4v) is 3.28. The van der Waals surface area contributed by atoms with Crippen LogP contribution in [0.15, 0.2) is 42.6 Å². The van der Waals surface area contributed by atoms with E-state index in [1.165, 1.54) is 29.5 Å². The summed E-state index contributed by atoms with van der Waals surface area (Å²) in [6.07, 6.45) is 4.40. The van der Waals surface area contributed by atoms with E-state index < -0.39 is 0 Å². The summed E-state index contributed by atoms with van der Waals surface area (Å²) in [6.45, 7) is 4.29. The fourth-order valence-electron chi connectivity index (χ4n) is 3.07.